The fourth-order valence-electron chi connectivity index (χ4n) is 3.76. The van der Waals surface area contributed by atoms with E-state index in [0.717, 1.165) is 5.56 Å². The Morgan fingerprint density at radius 2 is 1.43 bits per heavy atom. The van der Waals surface area contributed by atoms with Crippen molar-refractivity contribution in [3.05, 3.63) is 82.4 Å². The van der Waals surface area contributed by atoms with Crippen molar-refractivity contribution >= 4 is 17.9 Å². The summed E-state index contributed by atoms with van der Waals surface area (Å²) in [5.41, 5.74) is 0.249. The molecular weight excluding hydrogens is 386 g/mol. The number of rotatable bonds is 5. The van der Waals surface area contributed by atoms with Gasteiger partial charge in [0.25, 0.3) is 0 Å². The average molecular weight is 409 g/mol. The molecule has 30 heavy (non-hydrogen) atoms. The number of aryl methyl sites for hydroxylation is 1. The van der Waals surface area contributed by atoms with Crippen molar-refractivity contribution < 1.29 is 28.6 Å². The van der Waals surface area contributed by atoms with Gasteiger partial charge in [-0.15, -0.1) is 0 Å². The van der Waals surface area contributed by atoms with E-state index in [1.165, 1.54) is 21.3 Å². The van der Waals surface area contributed by atoms with Crippen LogP contribution in [-0.4, -0.2) is 39.2 Å². The molecule has 1 N–H and O–H groups in total. The molecule has 0 spiro atoms. The summed E-state index contributed by atoms with van der Waals surface area (Å²) in [6, 6.07) is 15.2. The highest BCUT2D eigenvalue weighted by atomic mass is 16.5. The zero-order valence-corrected chi connectivity index (χ0v) is 17.2. The molecule has 0 radical (unpaired) electrons. The van der Waals surface area contributed by atoms with Crippen LogP contribution in [-0.2, 0) is 34.1 Å². The SMILES string of the molecule is COC(=O)C1=C(C(=O)OC)[C@](C(=O)OC)(c2ccccc2)N[C@H]1c1ccc(C)cc1. The quantitative estimate of drug-likeness (QED) is 0.599. The van der Waals surface area contributed by atoms with Crippen LogP contribution < -0.4 is 5.32 Å². The first-order valence-electron chi connectivity index (χ1n) is 9.30. The van der Waals surface area contributed by atoms with Crippen LogP contribution in [0.5, 0.6) is 0 Å². The lowest BCUT2D eigenvalue weighted by molar-refractivity contribution is -0.150. The van der Waals surface area contributed by atoms with Crippen LogP contribution in [0.3, 0.4) is 0 Å². The number of methoxy groups -OCH3 is 3. The summed E-state index contributed by atoms with van der Waals surface area (Å²) in [7, 11) is 3.63. The molecule has 7 heteroatoms. The average Bonchev–Trinajstić information content (AvgIpc) is 3.15. The highest BCUT2D eigenvalue weighted by molar-refractivity contribution is 6.10. The van der Waals surface area contributed by atoms with Crippen LogP contribution in [0.25, 0.3) is 0 Å². The first-order valence-corrected chi connectivity index (χ1v) is 9.30. The van der Waals surface area contributed by atoms with E-state index < -0.39 is 29.5 Å². The Balaban J connectivity index is 2.37. The number of carbonyl (C=O) groups excluding carboxylic acids is 3. The lowest BCUT2D eigenvalue weighted by Gasteiger charge is -2.30. The molecule has 0 saturated carbocycles. The lowest BCUT2D eigenvalue weighted by Crippen LogP contribution is -2.50. The molecular formula is C23H23NO6. The van der Waals surface area contributed by atoms with Gasteiger partial charge in [0.15, 0.2) is 5.54 Å². The van der Waals surface area contributed by atoms with E-state index in [4.69, 9.17) is 14.2 Å². The number of benzene rings is 2. The van der Waals surface area contributed by atoms with Crippen molar-refractivity contribution in [2.24, 2.45) is 0 Å². The van der Waals surface area contributed by atoms with Crippen LogP contribution in [0.15, 0.2) is 65.7 Å². The maximum atomic E-state index is 13.2. The van der Waals surface area contributed by atoms with Crippen LogP contribution in [0, 0.1) is 6.92 Å². The lowest BCUT2D eigenvalue weighted by atomic mass is 9.82. The zero-order chi connectivity index (χ0) is 21.9. The van der Waals surface area contributed by atoms with Crippen LogP contribution in [0.4, 0.5) is 0 Å². The van der Waals surface area contributed by atoms with Crippen molar-refractivity contribution in [2.75, 3.05) is 21.3 Å². The smallest absolute Gasteiger partial charge is 0.337 e. The molecule has 0 fully saturated rings. The summed E-state index contributed by atoms with van der Waals surface area (Å²) in [4.78, 5) is 39.0. The topological polar surface area (TPSA) is 90.9 Å². The van der Waals surface area contributed by atoms with Crippen LogP contribution in [0.1, 0.15) is 22.7 Å². The summed E-state index contributed by atoms with van der Waals surface area (Å²) >= 11 is 0. The molecule has 0 aliphatic carbocycles. The minimum atomic E-state index is -1.75. The molecule has 2 aromatic carbocycles. The summed E-state index contributed by atoms with van der Waals surface area (Å²) in [6.07, 6.45) is 0. The van der Waals surface area contributed by atoms with Crippen molar-refractivity contribution in [1.82, 2.24) is 5.32 Å². The molecule has 2 atom stereocenters. The zero-order valence-electron chi connectivity index (χ0n) is 17.2. The second-order valence-electron chi connectivity index (χ2n) is 6.87. The van der Waals surface area contributed by atoms with Gasteiger partial charge in [0, 0.05) is 0 Å². The van der Waals surface area contributed by atoms with Gasteiger partial charge in [-0.3, -0.25) is 5.32 Å². The van der Waals surface area contributed by atoms with Gasteiger partial charge in [-0.05, 0) is 18.1 Å². The second kappa shape index (κ2) is 8.51. The van der Waals surface area contributed by atoms with Crippen LogP contribution in [0.2, 0.25) is 0 Å². The summed E-state index contributed by atoms with van der Waals surface area (Å²) in [5, 5.41) is 3.19. The van der Waals surface area contributed by atoms with E-state index in [-0.39, 0.29) is 11.1 Å². The molecule has 3 rings (SSSR count). The molecule has 0 aromatic heterocycles. The molecule has 7 nitrogen and oxygen atoms in total. The van der Waals surface area contributed by atoms with Gasteiger partial charge in [0.05, 0.1) is 38.5 Å². The molecule has 156 valence electrons. The minimum absolute atomic E-state index is 0.00227. The molecule has 1 heterocycles. The van der Waals surface area contributed by atoms with Gasteiger partial charge in [-0.1, -0.05) is 60.2 Å². The number of carbonyl (C=O) groups is 3. The van der Waals surface area contributed by atoms with E-state index in [0.29, 0.717) is 11.1 Å². The third-order valence-electron chi connectivity index (χ3n) is 5.20. The molecule has 2 aromatic rings. The van der Waals surface area contributed by atoms with Crippen molar-refractivity contribution in [2.45, 2.75) is 18.5 Å². The third-order valence-corrected chi connectivity index (χ3v) is 5.20. The fraction of sp³-hybridized carbons (Fsp3) is 0.261. The Morgan fingerprint density at radius 3 is 1.97 bits per heavy atom. The third kappa shape index (κ3) is 3.37. The molecule has 0 saturated heterocycles. The summed E-state index contributed by atoms with van der Waals surface area (Å²) < 4.78 is 15.0. The van der Waals surface area contributed by atoms with E-state index in [1.807, 2.05) is 31.2 Å². The number of hydrogen-bond acceptors (Lipinski definition) is 7. The van der Waals surface area contributed by atoms with E-state index in [2.05, 4.69) is 5.32 Å². The van der Waals surface area contributed by atoms with Crippen LogP contribution >= 0.6 is 0 Å². The Morgan fingerprint density at radius 1 is 0.833 bits per heavy atom. The van der Waals surface area contributed by atoms with Gasteiger partial charge < -0.3 is 14.2 Å². The predicted molar refractivity (Wildman–Crippen MR) is 108 cm³/mol. The van der Waals surface area contributed by atoms with Gasteiger partial charge in [0.2, 0.25) is 0 Å². The van der Waals surface area contributed by atoms with E-state index in [1.54, 1.807) is 30.3 Å². The predicted octanol–water partition coefficient (Wildman–Crippen LogP) is 2.35. The minimum Gasteiger partial charge on any atom is -0.467 e. The van der Waals surface area contributed by atoms with E-state index in [9.17, 15) is 14.4 Å². The van der Waals surface area contributed by atoms with Crippen molar-refractivity contribution in [3.63, 3.8) is 0 Å². The molecule has 0 unspecified atom stereocenters. The Hall–Kier alpha value is -3.45. The van der Waals surface area contributed by atoms with E-state index >= 15 is 0 Å². The highest BCUT2D eigenvalue weighted by Gasteiger charge is 2.58. The Kier molecular flexibility index (Phi) is 6.03. The molecule has 0 amide bonds. The number of ether oxygens (including phenoxy) is 3. The maximum absolute atomic E-state index is 13.2. The van der Waals surface area contributed by atoms with Crippen molar-refractivity contribution in [3.8, 4) is 0 Å². The van der Waals surface area contributed by atoms with Crippen molar-refractivity contribution in [1.29, 1.82) is 0 Å². The Labute approximate surface area is 174 Å². The highest BCUT2D eigenvalue weighted by Crippen LogP contribution is 2.46. The number of esters is 3. The number of nitrogens with one attached hydrogen (secondary N) is 1. The monoisotopic (exact) mass is 409 g/mol. The second-order valence-corrected chi connectivity index (χ2v) is 6.87. The molecule has 1 aliphatic heterocycles. The first kappa shape index (κ1) is 21.3. The normalized spacial score (nSPS) is 20.6. The molecule has 0 bridgehead atoms. The number of hydrogen-bond donors (Lipinski definition) is 1. The summed E-state index contributed by atoms with van der Waals surface area (Å²) in [6.45, 7) is 1.94. The molecule has 1 aliphatic rings. The maximum Gasteiger partial charge on any atom is 0.337 e. The first-order chi connectivity index (χ1) is 14.4. The van der Waals surface area contributed by atoms with Gasteiger partial charge in [-0.25, -0.2) is 14.4 Å². The van der Waals surface area contributed by atoms with Gasteiger partial charge in [0.1, 0.15) is 0 Å². The standard InChI is InChI=1S/C23H23NO6/c1-14-10-12-15(13-11-14)19-17(20(25)28-2)18(21(26)29-3)23(24-19,22(27)30-4)16-8-6-5-7-9-16/h5-13,19,24H,1-4H3/t19-,23-/m0/s1. The van der Waals surface area contributed by atoms with Gasteiger partial charge >= 0.3 is 17.9 Å². The largest absolute Gasteiger partial charge is 0.467 e. The fourth-order valence-corrected chi connectivity index (χ4v) is 3.76. The van der Waals surface area contributed by atoms with Gasteiger partial charge in [-0.2, -0.15) is 0 Å². The Bertz CT molecular complexity index is 996. The summed E-state index contributed by atoms with van der Waals surface area (Å²) in [5.74, 6) is -2.31.